The van der Waals surface area contributed by atoms with Crippen molar-refractivity contribution in [2.24, 2.45) is 0 Å². The van der Waals surface area contributed by atoms with E-state index in [-0.39, 0.29) is 56.2 Å². The van der Waals surface area contributed by atoms with Crippen LogP contribution in [0.1, 0.15) is 18.9 Å². The zero-order valence-corrected chi connectivity index (χ0v) is 16.6. The Morgan fingerprint density at radius 2 is 2.03 bits per heavy atom. The standard InChI is InChI=1S/C19H20F5N5O2/c1-11-10-31-7-6-27(11)16-15(21)17(30)28-5-3-13(19(22,23)24)29(18(28)26-16)9-12-2-4-25-14(20)8-12/h2,4,8,11,13H,3,5-7,9-10H2,1H3/t11-,13+/m1/s1. The van der Waals surface area contributed by atoms with Gasteiger partial charge in [-0.25, -0.2) is 4.98 Å². The van der Waals surface area contributed by atoms with Gasteiger partial charge in [0.15, 0.2) is 5.82 Å². The average molecular weight is 445 g/mol. The monoisotopic (exact) mass is 445 g/mol. The molecule has 2 aliphatic heterocycles. The molecule has 0 bridgehead atoms. The van der Waals surface area contributed by atoms with Crippen LogP contribution in [0.25, 0.3) is 0 Å². The summed E-state index contributed by atoms with van der Waals surface area (Å²) in [6, 6.07) is 0.111. The van der Waals surface area contributed by atoms with Gasteiger partial charge in [0, 0.05) is 25.8 Å². The van der Waals surface area contributed by atoms with Crippen molar-refractivity contribution in [3.63, 3.8) is 0 Å². The maximum absolute atomic E-state index is 14.9. The highest BCUT2D eigenvalue weighted by Crippen LogP contribution is 2.36. The molecule has 4 rings (SSSR count). The van der Waals surface area contributed by atoms with E-state index in [1.54, 1.807) is 6.92 Å². The number of alkyl halides is 3. The molecule has 1 fully saturated rings. The zero-order valence-electron chi connectivity index (χ0n) is 16.6. The Kier molecular flexibility index (Phi) is 5.58. The van der Waals surface area contributed by atoms with Crippen molar-refractivity contribution >= 4 is 11.8 Å². The number of fused-ring (bicyclic) bond motifs is 1. The molecular weight excluding hydrogens is 425 g/mol. The van der Waals surface area contributed by atoms with Crippen LogP contribution >= 0.6 is 0 Å². The van der Waals surface area contributed by atoms with E-state index in [4.69, 9.17) is 4.74 Å². The van der Waals surface area contributed by atoms with Crippen molar-refractivity contribution in [3.8, 4) is 0 Å². The molecule has 0 aliphatic carbocycles. The first-order chi connectivity index (χ1) is 14.7. The molecule has 0 amide bonds. The van der Waals surface area contributed by atoms with Crippen molar-refractivity contribution < 1.29 is 26.7 Å². The highest BCUT2D eigenvalue weighted by atomic mass is 19.4. The van der Waals surface area contributed by atoms with Gasteiger partial charge < -0.3 is 14.5 Å². The predicted molar refractivity (Wildman–Crippen MR) is 101 cm³/mol. The van der Waals surface area contributed by atoms with Crippen LogP contribution < -0.4 is 15.4 Å². The second-order valence-electron chi connectivity index (χ2n) is 7.58. The smallest absolute Gasteiger partial charge is 0.377 e. The molecule has 0 radical (unpaired) electrons. The summed E-state index contributed by atoms with van der Waals surface area (Å²) in [4.78, 5) is 22.7. The summed E-state index contributed by atoms with van der Waals surface area (Å²) in [6.45, 7) is 1.82. The summed E-state index contributed by atoms with van der Waals surface area (Å²) in [5.74, 6) is -2.56. The third kappa shape index (κ3) is 4.08. The van der Waals surface area contributed by atoms with Crippen LogP contribution in [0.3, 0.4) is 0 Å². The number of anilines is 2. The first-order valence-electron chi connectivity index (χ1n) is 9.75. The molecule has 4 heterocycles. The Labute approximate surface area is 174 Å². The molecule has 1 saturated heterocycles. The number of pyridine rings is 1. The molecule has 168 valence electrons. The van der Waals surface area contributed by atoms with E-state index in [2.05, 4.69) is 9.97 Å². The van der Waals surface area contributed by atoms with Gasteiger partial charge in [0.05, 0.1) is 19.3 Å². The lowest BCUT2D eigenvalue weighted by Gasteiger charge is -2.40. The second kappa shape index (κ2) is 8.06. The molecule has 0 unspecified atom stereocenters. The quantitative estimate of drug-likeness (QED) is 0.535. The van der Waals surface area contributed by atoms with E-state index in [1.807, 2.05) is 0 Å². The summed E-state index contributed by atoms with van der Waals surface area (Å²) in [5, 5.41) is 0. The van der Waals surface area contributed by atoms with Gasteiger partial charge in [-0.3, -0.25) is 9.36 Å². The molecule has 31 heavy (non-hydrogen) atoms. The summed E-state index contributed by atoms with van der Waals surface area (Å²) in [7, 11) is 0. The number of aromatic nitrogens is 3. The van der Waals surface area contributed by atoms with Crippen molar-refractivity contribution in [2.45, 2.75) is 44.7 Å². The van der Waals surface area contributed by atoms with Crippen LogP contribution in [0.5, 0.6) is 0 Å². The van der Waals surface area contributed by atoms with Gasteiger partial charge in [-0.15, -0.1) is 0 Å². The Morgan fingerprint density at radius 3 is 2.71 bits per heavy atom. The minimum absolute atomic E-state index is 0.218. The number of hydrogen-bond acceptors (Lipinski definition) is 6. The van der Waals surface area contributed by atoms with Gasteiger partial charge in [-0.2, -0.15) is 26.9 Å². The van der Waals surface area contributed by atoms with Crippen LogP contribution in [0.4, 0.5) is 33.7 Å². The zero-order chi connectivity index (χ0) is 22.3. The fourth-order valence-electron chi connectivity index (χ4n) is 3.97. The third-order valence-corrected chi connectivity index (χ3v) is 5.50. The van der Waals surface area contributed by atoms with Gasteiger partial charge in [-0.1, -0.05) is 0 Å². The summed E-state index contributed by atoms with van der Waals surface area (Å²) in [5.41, 5.74) is -0.819. The number of nitrogens with zero attached hydrogens (tertiary/aromatic N) is 5. The number of ether oxygens (including phenoxy) is 1. The summed E-state index contributed by atoms with van der Waals surface area (Å²) in [6.07, 6.45) is -3.95. The lowest BCUT2D eigenvalue weighted by atomic mass is 10.1. The number of morpholine rings is 1. The summed E-state index contributed by atoms with van der Waals surface area (Å²) >= 11 is 0. The number of halogens is 5. The first kappa shape index (κ1) is 21.5. The average Bonchev–Trinajstić information content (AvgIpc) is 2.71. The molecule has 2 atom stereocenters. The van der Waals surface area contributed by atoms with Crippen molar-refractivity contribution in [3.05, 3.63) is 46.0 Å². The van der Waals surface area contributed by atoms with Crippen molar-refractivity contribution in [1.29, 1.82) is 0 Å². The first-order valence-corrected chi connectivity index (χ1v) is 9.75. The normalized spacial score (nSPS) is 21.9. The molecule has 0 aromatic carbocycles. The minimum atomic E-state index is -4.63. The van der Waals surface area contributed by atoms with Crippen LogP contribution in [-0.2, 0) is 17.8 Å². The summed E-state index contributed by atoms with van der Waals surface area (Å²) < 4.78 is 76.1. The SMILES string of the molecule is C[C@@H]1COCCN1c1nc2n(c(=O)c1F)CC[C@@H](C(F)(F)F)N2Cc1ccnc(F)c1. The van der Waals surface area contributed by atoms with Crippen LogP contribution in [-0.4, -0.2) is 52.6 Å². The number of rotatable bonds is 3. The highest BCUT2D eigenvalue weighted by Gasteiger charge is 2.47. The van der Waals surface area contributed by atoms with Gasteiger partial charge in [0.25, 0.3) is 5.56 Å². The Morgan fingerprint density at radius 1 is 1.26 bits per heavy atom. The Hall–Kier alpha value is -2.76. The highest BCUT2D eigenvalue weighted by molar-refractivity contribution is 5.49. The van der Waals surface area contributed by atoms with Crippen LogP contribution in [0.2, 0.25) is 0 Å². The number of hydrogen-bond donors (Lipinski definition) is 0. The van der Waals surface area contributed by atoms with E-state index >= 15 is 0 Å². The molecule has 2 aromatic heterocycles. The van der Waals surface area contributed by atoms with Gasteiger partial charge in [0.2, 0.25) is 17.7 Å². The molecule has 0 spiro atoms. The third-order valence-electron chi connectivity index (χ3n) is 5.50. The predicted octanol–water partition coefficient (Wildman–Crippen LogP) is 2.48. The molecule has 12 heteroatoms. The lowest BCUT2D eigenvalue weighted by Crippen LogP contribution is -2.53. The molecule has 0 N–H and O–H groups in total. The van der Waals surface area contributed by atoms with Crippen LogP contribution in [0, 0.1) is 11.8 Å². The van der Waals surface area contributed by atoms with E-state index in [1.165, 1.54) is 11.0 Å². The Balaban J connectivity index is 1.83. The Bertz CT molecular complexity index is 1030. The fourth-order valence-corrected chi connectivity index (χ4v) is 3.97. The second-order valence-corrected chi connectivity index (χ2v) is 7.58. The molecule has 2 aromatic rings. The van der Waals surface area contributed by atoms with Crippen LogP contribution in [0.15, 0.2) is 23.1 Å². The molecule has 0 saturated carbocycles. The van der Waals surface area contributed by atoms with Gasteiger partial charge in [0.1, 0.15) is 6.04 Å². The van der Waals surface area contributed by atoms with E-state index in [9.17, 15) is 26.7 Å². The maximum Gasteiger partial charge on any atom is 0.408 e. The topological polar surface area (TPSA) is 63.5 Å². The van der Waals surface area contributed by atoms with Crippen molar-refractivity contribution in [2.75, 3.05) is 29.6 Å². The van der Waals surface area contributed by atoms with Crippen molar-refractivity contribution in [1.82, 2.24) is 14.5 Å². The maximum atomic E-state index is 14.9. The fraction of sp³-hybridized carbons (Fsp3) is 0.526. The largest absolute Gasteiger partial charge is 0.408 e. The van der Waals surface area contributed by atoms with Gasteiger partial charge in [-0.05, 0) is 31.0 Å². The van der Waals surface area contributed by atoms with E-state index in [0.717, 1.165) is 21.7 Å². The van der Waals surface area contributed by atoms with Gasteiger partial charge >= 0.3 is 6.18 Å². The van der Waals surface area contributed by atoms with E-state index in [0.29, 0.717) is 0 Å². The molecule has 2 aliphatic rings. The lowest BCUT2D eigenvalue weighted by molar-refractivity contribution is -0.153. The van der Waals surface area contributed by atoms with E-state index < -0.39 is 36.0 Å². The minimum Gasteiger partial charge on any atom is -0.377 e. The molecule has 7 nitrogen and oxygen atoms in total. The molecular formula is C19H20F5N5O2.